The van der Waals surface area contributed by atoms with Crippen molar-refractivity contribution in [3.8, 4) is 10.6 Å². The molecule has 3 nitrogen and oxygen atoms in total. The van der Waals surface area contributed by atoms with Crippen molar-refractivity contribution >= 4 is 28.3 Å². The lowest BCUT2D eigenvalue weighted by Crippen LogP contribution is -1.97. The van der Waals surface area contributed by atoms with Gasteiger partial charge in [0.1, 0.15) is 5.69 Å². The summed E-state index contributed by atoms with van der Waals surface area (Å²) in [5, 5.41) is 0. The Hall–Kier alpha value is -1.81. The van der Waals surface area contributed by atoms with E-state index in [1.807, 2.05) is 19.1 Å². The van der Waals surface area contributed by atoms with Crippen LogP contribution in [0.25, 0.3) is 16.1 Å². The highest BCUT2D eigenvalue weighted by atomic mass is 32.1. The van der Waals surface area contributed by atoms with Crippen LogP contribution in [-0.4, -0.2) is 4.98 Å². The highest BCUT2D eigenvalue weighted by Gasteiger charge is 2.09. The van der Waals surface area contributed by atoms with E-state index in [0.717, 1.165) is 21.0 Å². The molecule has 0 saturated carbocycles. The molecule has 0 aliphatic heterocycles. The van der Waals surface area contributed by atoms with Gasteiger partial charge in [-0.3, -0.25) is 4.98 Å². The maximum Gasteiger partial charge on any atom is 0.105 e. The Morgan fingerprint density at radius 1 is 1.31 bits per heavy atom. The fourth-order valence-corrected chi connectivity index (χ4v) is 2.32. The lowest BCUT2D eigenvalue weighted by molar-refractivity contribution is 1.34. The Bertz CT molecular complexity index is 543. The third-order valence-corrected chi connectivity index (χ3v) is 3.54. The Balaban J connectivity index is 2.50. The van der Waals surface area contributed by atoms with Crippen molar-refractivity contribution in [1.82, 2.24) is 4.98 Å². The van der Waals surface area contributed by atoms with E-state index in [1.165, 1.54) is 0 Å². The minimum atomic E-state index is 0.539. The molecule has 0 atom stereocenters. The maximum absolute atomic E-state index is 5.90. The number of nitrogens with zero attached hydrogens (tertiary/aromatic N) is 1. The number of hydrogen-bond donors (Lipinski definition) is 2. The van der Waals surface area contributed by atoms with Crippen molar-refractivity contribution in [2.24, 2.45) is 0 Å². The first-order valence-electron chi connectivity index (χ1n) is 4.85. The van der Waals surface area contributed by atoms with Crippen molar-refractivity contribution in [3.63, 3.8) is 0 Å². The van der Waals surface area contributed by atoms with Gasteiger partial charge in [-0.05, 0) is 30.7 Å². The molecule has 4 heteroatoms. The Morgan fingerprint density at radius 3 is 2.69 bits per heavy atom. The summed E-state index contributed by atoms with van der Waals surface area (Å²) in [6, 6.07) is 5.71. The number of nitrogen functional groups attached to an aromatic ring is 2. The molecule has 0 spiro atoms. The van der Waals surface area contributed by atoms with Gasteiger partial charge in [0.25, 0.3) is 0 Å². The summed E-state index contributed by atoms with van der Waals surface area (Å²) in [7, 11) is 0. The predicted molar refractivity (Wildman–Crippen MR) is 71.1 cm³/mol. The Labute approximate surface area is 98.4 Å². The third kappa shape index (κ3) is 1.79. The molecule has 0 fully saturated rings. The van der Waals surface area contributed by atoms with Gasteiger partial charge >= 0.3 is 0 Å². The van der Waals surface area contributed by atoms with E-state index < -0.39 is 0 Å². The predicted octanol–water partition coefficient (Wildman–Crippen LogP) is 3.01. The zero-order valence-corrected chi connectivity index (χ0v) is 9.84. The number of thiophene rings is 1. The van der Waals surface area contributed by atoms with Gasteiger partial charge in [-0.2, -0.15) is 0 Å². The first kappa shape index (κ1) is 10.7. The fraction of sp³-hybridized carbons (Fsp3) is 0.0833. The Kier molecular flexibility index (Phi) is 2.66. The molecule has 0 aliphatic carbocycles. The smallest absolute Gasteiger partial charge is 0.105 e. The van der Waals surface area contributed by atoms with Crippen molar-refractivity contribution in [2.75, 3.05) is 11.5 Å². The molecule has 2 heterocycles. The van der Waals surface area contributed by atoms with Crippen molar-refractivity contribution in [1.29, 1.82) is 0 Å². The molecule has 4 N–H and O–H groups in total. The number of nitrogens with two attached hydrogens (primary N) is 2. The van der Waals surface area contributed by atoms with Gasteiger partial charge < -0.3 is 11.5 Å². The first-order valence-corrected chi connectivity index (χ1v) is 5.67. The lowest BCUT2D eigenvalue weighted by Gasteiger charge is -2.04. The summed E-state index contributed by atoms with van der Waals surface area (Å²) in [6.07, 6.45) is 1.67. The van der Waals surface area contributed by atoms with Gasteiger partial charge in [0.2, 0.25) is 0 Å². The summed E-state index contributed by atoms with van der Waals surface area (Å²) in [5.74, 6) is 0. The topological polar surface area (TPSA) is 64.9 Å². The van der Waals surface area contributed by atoms with E-state index >= 15 is 0 Å². The summed E-state index contributed by atoms with van der Waals surface area (Å²) >= 11 is 1.62. The van der Waals surface area contributed by atoms with Crippen LogP contribution in [0.5, 0.6) is 0 Å². The van der Waals surface area contributed by atoms with Crippen LogP contribution < -0.4 is 11.5 Å². The molecule has 0 amide bonds. The number of anilines is 2. The SMILES string of the molecule is C=C(C)c1ccc(-c2nccc(N)c2N)s1. The molecule has 2 rings (SSSR count). The van der Waals surface area contributed by atoms with Gasteiger partial charge in [0.05, 0.1) is 16.3 Å². The number of allylic oxidation sites excluding steroid dienone is 1. The van der Waals surface area contributed by atoms with Crippen LogP contribution in [0.4, 0.5) is 11.4 Å². The van der Waals surface area contributed by atoms with Gasteiger partial charge in [0, 0.05) is 11.1 Å². The third-order valence-electron chi connectivity index (χ3n) is 2.28. The summed E-state index contributed by atoms with van der Waals surface area (Å²) in [4.78, 5) is 6.41. The molecule has 0 aliphatic rings. The van der Waals surface area contributed by atoms with Crippen LogP contribution in [0.15, 0.2) is 31.0 Å². The normalized spacial score (nSPS) is 10.3. The molecule has 0 aromatic carbocycles. The molecule has 16 heavy (non-hydrogen) atoms. The highest BCUT2D eigenvalue weighted by Crippen LogP contribution is 2.34. The van der Waals surface area contributed by atoms with Crippen LogP contribution >= 0.6 is 11.3 Å². The fourth-order valence-electron chi connectivity index (χ4n) is 1.38. The maximum atomic E-state index is 5.90. The summed E-state index contributed by atoms with van der Waals surface area (Å²) < 4.78 is 0. The molecule has 0 radical (unpaired) electrons. The van der Waals surface area contributed by atoms with Gasteiger partial charge in [0.15, 0.2) is 0 Å². The second kappa shape index (κ2) is 3.98. The molecular weight excluding hydrogens is 218 g/mol. The van der Waals surface area contributed by atoms with Crippen LogP contribution in [0.1, 0.15) is 11.8 Å². The minimum absolute atomic E-state index is 0.539. The molecule has 0 unspecified atom stereocenters. The van der Waals surface area contributed by atoms with Gasteiger partial charge in [-0.1, -0.05) is 6.58 Å². The van der Waals surface area contributed by atoms with E-state index in [0.29, 0.717) is 11.4 Å². The van der Waals surface area contributed by atoms with E-state index in [4.69, 9.17) is 11.5 Å². The van der Waals surface area contributed by atoms with E-state index in [9.17, 15) is 0 Å². The van der Waals surface area contributed by atoms with E-state index in [2.05, 4.69) is 11.6 Å². The molecule has 82 valence electrons. The molecule has 0 bridgehead atoms. The van der Waals surface area contributed by atoms with E-state index in [1.54, 1.807) is 23.6 Å². The number of rotatable bonds is 2. The average Bonchev–Trinajstić information content (AvgIpc) is 2.71. The van der Waals surface area contributed by atoms with Crippen molar-refractivity contribution < 1.29 is 0 Å². The van der Waals surface area contributed by atoms with Gasteiger partial charge in [-0.15, -0.1) is 11.3 Å². The monoisotopic (exact) mass is 231 g/mol. The highest BCUT2D eigenvalue weighted by molar-refractivity contribution is 7.16. The van der Waals surface area contributed by atoms with Crippen LogP contribution in [0.3, 0.4) is 0 Å². The second-order valence-electron chi connectivity index (χ2n) is 3.61. The second-order valence-corrected chi connectivity index (χ2v) is 4.69. The zero-order chi connectivity index (χ0) is 11.7. The molecule has 2 aromatic rings. The van der Waals surface area contributed by atoms with Crippen LogP contribution in [0.2, 0.25) is 0 Å². The molecular formula is C12H13N3S. The zero-order valence-electron chi connectivity index (χ0n) is 9.03. The summed E-state index contributed by atoms with van der Waals surface area (Å²) in [5.41, 5.74) is 14.5. The molecule has 2 aromatic heterocycles. The molecule has 0 saturated heterocycles. The number of pyridine rings is 1. The average molecular weight is 231 g/mol. The summed E-state index contributed by atoms with van der Waals surface area (Å²) in [6.45, 7) is 5.88. The number of hydrogen-bond acceptors (Lipinski definition) is 4. The minimum Gasteiger partial charge on any atom is -0.397 e. The van der Waals surface area contributed by atoms with Crippen molar-refractivity contribution in [2.45, 2.75) is 6.92 Å². The first-order chi connectivity index (χ1) is 7.59. The lowest BCUT2D eigenvalue weighted by atomic mass is 10.2. The standard InChI is InChI=1S/C12H13N3S/c1-7(2)9-3-4-10(16-9)12-11(14)8(13)5-6-15-12/h3-6H,1,14H2,2H3,(H2,13,15). The van der Waals surface area contributed by atoms with Crippen LogP contribution in [-0.2, 0) is 0 Å². The van der Waals surface area contributed by atoms with Crippen LogP contribution in [0, 0.1) is 0 Å². The quantitative estimate of drug-likeness (QED) is 0.835. The van der Waals surface area contributed by atoms with Crippen molar-refractivity contribution in [3.05, 3.63) is 35.9 Å². The number of aromatic nitrogens is 1. The van der Waals surface area contributed by atoms with E-state index in [-0.39, 0.29) is 0 Å². The van der Waals surface area contributed by atoms with Gasteiger partial charge in [-0.25, -0.2) is 0 Å². The largest absolute Gasteiger partial charge is 0.397 e. The Morgan fingerprint density at radius 2 is 2.06 bits per heavy atom.